The fraction of sp³-hybridized carbons (Fsp3) is 0.0714. The summed E-state index contributed by atoms with van der Waals surface area (Å²) in [5.74, 6) is -0.482. The van der Waals surface area contributed by atoms with Gasteiger partial charge in [-0.3, -0.25) is 9.59 Å². The topological polar surface area (TPSA) is 90.9 Å². The molecule has 1 aromatic carbocycles. The van der Waals surface area contributed by atoms with Crippen molar-refractivity contribution in [3.8, 4) is 0 Å². The highest BCUT2D eigenvalue weighted by Crippen LogP contribution is 2.19. The van der Waals surface area contributed by atoms with Crippen molar-refractivity contribution in [3.63, 3.8) is 0 Å². The molecule has 3 rings (SSSR count). The SMILES string of the molecule is Cc1cc(=O)c(C(=O)Nc2ccc3[nH]c(=S)oc3c2)c[nH]1. The normalized spacial score (nSPS) is 10.7. The second kappa shape index (κ2) is 5.02. The van der Waals surface area contributed by atoms with E-state index in [1.807, 2.05) is 0 Å². The van der Waals surface area contributed by atoms with Crippen LogP contribution in [-0.4, -0.2) is 15.9 Å². The summed E-state index contributed by atoms with van der Waals surface area (Å²) in [7, 11) is 0. The molecule has 0 saturated carbocycles. The van der Waals surface area contributed by atoms with E-state index in [0.717, 1.165) is 5.52 Å². The number of amides is 1. The summed E-state index contributed by atoms with van der Waals surface area (Å²) in [6.45, 7) is 1.75. The minimum absolute atomic E-state index is 0.0515. The fourth-order valence-corrected chi connectivity index (χ4v) is 2.17. The van der Waals surface area contributed by atoms with Crippen molar-refractivity contribution in [2.24, 2.45) is 0 Å². The van der Waals surface area contributed by atoms with Crippen LogP contribution in [0.1, 0.15) is 16.1 Å². The van der Waals surface area contributed by atoms with Crippen molar-refractivity contribution >= 4 is 34.9 Å². The number of anilines is 1. The molecule has 0 fully saturated rings. The van der Waals surface area contributed by atoms with Crippen LogP contribution in [0.25, 0.3) is 11.1 Å². The summed E-state index contributed by atoms with van der Waals surface area (Å²) in [4.78, 5) is 29.8. The number of hydrogen-bond donors (Lipinski definition) is 3. The van der Waals surface area contributed by atoms with E-state index in [2.05, 4.69) is 15.3 Å². The molecule has 0 radical (unpaired) electrons. The molecule has 0 bridgehead atoms. The molecular weight excluding hydrogens is 290 g/mol. The van der Waals surface area contributed by atoms with Crippen LogP contribution < -0.4 is 10.7 Å². The van der Waals surface area contributed by atoms with Crippen LogP contribution in [0.2, 0.25) is 0 Å². The second-order valence-electron chi connectivity index (χ2n) is 4.57. The van der Waals surface area contributed by atoms with Crippen molar-refractivity contribution < 1.29 is 9.21 Å². The molecule has 0 aliphatic carbocycles. The van der Waals surface area contributed by atoms with Gasteiger partial charge in [-0.1, -0.05) is 0 Å². The molecule has 106 valence electrons. The van der Waals surface area contributed by atoms with Crippen LogP contribution in [0.5, 0.6) is 0 Å². The maximum Gasteiger partial charge on any atom is 0.266 e. The molecule has 21 heavy (non-hydrogen) atoms. The molecular formula is C14H11N3O3S. The molecule has 0 unspecified atom stereocenters. The number of fused-ring (bicyclic) bond motifs is 1. The minimum Gasteiger partial charge on any atom is -0.429 e. The van der Waals surface area contributed by atoms with Gasteiger partial charge in [0, 0.05) is 29.7 Å². The first kappa shape index (κ1) is 13.3. The Balaban J connectivity index is 1.92. The van der Waals surface area contributed by atoms with Crippen molar-refractivity contribution in [2.45, 2.75) is 6.92 Å². The van der Waals surface area contributed by atoms with Gasteiger partial charge < -0.3 is 19.7 Å². The Bertz CT molecular complexity index is 952. The van der Waals surface area contributed by atoms with Gasteiger partial charge >= 0.3 is 0 Å². The summed E-state index contributed by atoms with van der Waals surface area (Å²) in [6.07, 6.45) is 1.40. The Morgan fingerprint density at radius 2 is 2.14 bits per heavy atom. The van der Waals surface area contributed by atoms with Crippen LogP contribution in [0.3, 0.4) is 0 Å². The Labute approximate surface area is 123 Å². The lowest BCUT2D eigenvalue weighted by atomic mass is 10.2. The van der Waals surface area contributed by atoms with Gasteiger partial charge in [0.15, 0.2) is 11.0 Å². The molecule has 0 aliphatic heterocycles. The molecule has 0 aliphatic rings. The minimum atomic E-state index is -0.482. The molecule has 6 nitrogen and oxygen atoms in total. The molecule has 3 aromatic rings. The number of aryl methyl sites for hydroxylation is 1. The average molecular weight is 301 g/mol. The Morgan fingerprint density at radius 3 is 2.90 bits per heavy atom. The summed E-state index contributed by atoms with van der Waals surface area (Å²) in [6, 6.07) is 6.46. The van der Waals surface area contributed by atoms with Crippen molar-refractivity contribution in [2.75, 3.05) is 5.32 Å². The first-order valence-electron chi connectivity index (χ1n) is 6.16. The molecule has 1 amide bonds. The molecule has 2 heterocycles. The van der Waals surface area contributed by atoms with Gasteiger partial charge in [0.1, 0.15) is 5.56 Å². The molecule has 2 aromatic heterocycles. The monoisotopic (exact) mass is 301 g/mol. The van der Waals surface area contributed by atoms with Crippen LogP contribution in [0.15, 0.2) is 39.7 Å². The number of H-pyrrole nitrogens is 2. The van der Waals surface area contributed by atoms with Gasteiger partial charge in [-0.05, 0) is 31.3 Å². The van der Waals surface area contributed by atoms with Gasteiger partial charge in [-0.2, -0.15) is 0 Å². The lowest BCUT2D eigenvalue weighted by molar-refractivity contribution is 0.102. The number of carbonyl (C=O) groups excluding carboxylic acids is 1. The van der Waals surface area contributed by atoms with E-state index in [4.69, 9.17) is 16.6 Å². The summed E-state index contributed by atoms with van der Waals surface area (Å²) < 4.78 is 5.28. The molecule has 3 N–H and O–H groups in total. The largest absolute Gasteiger partial charge is 0.429 e. The highest BCUT2D eigenvalue weighted by molar-refractivity contribution is 7.71. The van der Waals surface area contributed by atoms with E-state index in [0.29, 0.717) is 17.0 Å². The zero-order valence-corrected chi connectivity index (χ0v) is 11.8. The number of aromatic nitrogens is 2. The fourth-order valence-electron chi connectivity index (χ4n) is 1.97. The number of oxazole rings is 1. The summed E-state index contributed by atoms with van der Waals surface area (Å²) in [5, 5.41) is 2.65. The van der Waals surface area contributed by atoms with E-state index in [1.165, 1.54) is 12.3 Å². The molecule has 0 atom stereocenters. The quantitative estimate of drug-likeness (QED) is 0.635. The van der Waals surface area contributed by atoms with E-state index < -0.39 is 5.91 Å². The second-order valence-corrected chi connectivity index (χ2v) is 4.94. The lowest BCUT2D eigenvalue weighted by Crippen LogP contribution is -2.21. The first-order valence-corrected chi connectivity index (χ1v) is 6.57. The van der Waals surface area contributed by atoms with Crippen molar-refractivity contribution in [3.05, 3.63) is 56.8 Å². The number of carbonyl (C=O) groups is 1. The van der Waals surface area contributed by atoms with Gasteiger partial charge in [-0.15, -0.1) is 0 Å². The highest BCUT2D eigenvalue weighted by Gasteiger charge is 2.11. The summed E-state index contributed by atoms with van der Waals surface area (Å²) in [5.41, 5.74) is 2.22. The van der Waals surface area contributed by atoms with Gasteiger partial charge in [0.05, 0.1) is 5.52 Å². The third kappa shape index (κ3) is 2.63. The Kier molecular flexibility index (Phi) is 3.19. The van der Waals surface area contributed by atoms with Gasteiger partial charge in [-0.25, -0.2) is 0 Å². The summed E-state index contributed by atoms with van der Waals surface area (Å²) >= 11 is 4.89. The predicted molar refractivity (Wildman–Crippen MR) is 81.2 cm³/mol. The van der Waals surface area contributed by atoms with Gasteiger partial charge in [0.2, 0.25) is 0 Å². The maximum absolute atomic E-state index is 12.1. The van der Waals surface area contributed by atoms with E-state index in [-0.39, 0.29) is 15.8 Å². The number of aromatic amines is 2. The maximum atomic E-state index is 12.1. The average Bonchev–Trinajstić information content (AvgIpc) is 2.77. The van der Waals surface area contributed by atoms with Crippen LogP contribution >= 0.6 is 12.2 Å². The number of rotatable bonds is 2. The van der Waals surface area contributed by atoms with Crippen LogP contribution in [-0.2, 0) is 0 Å². The zero-order chi connectivity index (χ0) is 15.0. The third-order valence-corrected chi connectivity index (χ3v) is 3.17. The number of benzene rings is 1. The smallest absolute Gasteiger partial charge is 0.266 e. The van der Waals surface area contributed by atoms with Crippen molar-refractivity contribution in [1.82, 2.24) is 9.97 Å². The van der Waals surface area contributed by atoms with Crippen LogP contribution in [0.4, 0.5) is 5.69 Å². The standard InChI is InChI=1S/C14H11N3O3S/c1-7-4-11(18)9(6-15-7)13(19)16-8-2-3-10-12(5-8)20-14(21)17-10/h2-6H,1H3,(H,15,18)(H,16,19)(H,17,21). The number of pyridine rings is 1. The molecule has 7 heteroatoms. The van der Waals surface area contributed by atoms with E-state index >= 15 is 0 Å². The Morgan fingerprint density at radius 1 is 1.33 bits per heavy atom. The predicted octanol–water partition coefficient (Wildman–Crippen LogP) is 2.74. The molecule has 0 saturated heterocycles. The Hall–Kier alpha value is -2.67. The third-order valence-electron chi connectivity index (χ3n) is 2.98. The first-order chi connectivity index (χ1) is 10.0. The van der Waals surface area contributed by atoms with Crippen LogP contribution in [0, 0.1) is 11.8 Å². The number of nitrogens with one attached hydrogen (secondary N) is 3. The molecule has 0 spiro atoms. The lowest BCUT2D eigenvalue weighted by Gasteiger charge is -2.04. The number of hydrogen-bond acceptors (Lipinski definition) is 4. The van der Waals surface area contributed by atoms with E-state index in [1.54, 1.807) is 25.1 Å². The highest BCUT2D eigenvalue weighted by atomic mass is 32.1. The zero-order valence-electron chi connectivity index (χ0n) is 11.0. The van der Waals surface area contributed by atoms with Gasteiger partial charge in [0.25, 0.3) is 10.7 Å². The van der Waals surface area contributed by atoms with E-state index in [9.17, 15) is 9.59 Å². The van der Waals surface area contributed by atoms with Crippen molar-refractivity contribution in [1.29, 1.82) is 0 Å².